The first kappa shape index (κ1) is 9.82. The van der Waals surface area contributed by atoms with Crippen LogP contribution in [0.15, 0.2) is 42.5 Å². The first-order valence-electron chi connectivity index (χ1n) is 4.86. The van der Waals surface area contributed by atoms with E-state index in [4.69, 9.17) is 11.6 Å². The molecule has 0 unspecified atom stereocenters. The molecule has 0 fully saturated rings. The highest BCUT2D eigenvalue weighted by atomic mass is 35.5. The maximum Gasteiger partial charge on any atom is 0.124 e. The number of aromatic nitrogens is 1. The van der Waals surface area contributed by atoms with Crippen molar-refractivity contribution in [3.63, 3.8) is 0 Å². The van der Waals surface area contributed by atoms with Crippen LogP contribution in [0.3, 0.4) is 0 Å². The Morgan fingerprint density at radius 2 is 1.94 bits per heavy atom. The Morgan fingerprint density at radius 1 is 1.12 bits per heavy atom. The quantitative estimate of drug-likeness (QED) is 0.618. The molecule has 3 aromatic rings. The Bertz CT molecular complexity index is 595. The summed E-state index contributed by atoms with van der Waals surface area (Å²) >= 11 is 7.50. The van der Waals surface area contributed by atoms with E-state index >= 15 is 0 Å². The fourth-order valence-electron chi connectivity index (χ4n) is 1.53. The van der Waals surface area contributed by atoms with Gasteiger partial charge in [0.15, 0.2) is 0 Å². The zero-order valence-corrected chi connectivity index (χ0v) is 9.85. The number of fused-ring (bicyclic) bond motifs is 1. The summed E-state index contributed by atoms with van der Waals surface area (Å²) < 4.78 is 1.09. The van der Waals surface area contributed by atoms with Crippen LogP contribution in [0.4, 0.5) is 0 Å². The molecule has 1 aromatic heterocycles. The van der Waals surface area contributed by atoms with Gasteiger partial charge in [0.2, 0.25) is 0 Å². The summed E-state index contributed by atoms with van der Waals surface area (Å²) in [5.41, 5.74) is 2.09. The van der Waals surface area contributed by atoms with Crippen LogP contribution in [0.5, 0.6) is 0 Å². The Balaban J connectivity index is 2.15. The van der Waals surface area contributed by atoms with Crippen LogP contribution in [-0.4, -0.2) is 4.98 Å². The van der Waals surface area contributed by atoms with Gasteiger partial charge in [-0.05, 0) is 18.2 Å². The van der Waals surface area contributed by atoms with Crippen LogP contribution >= 0.6 is 22.9 Å². The van der Waals surface area contributed by atoms with Crippen molar-refractivity contribution in [1.29, 1.82) is 0 Å². The van der Waals surface area contributed by atoms with Gasteiger partial charge in [0.05, 0.1) is 10.2 Å². The molecule has 0 aliphatic rings. The summed E-state index contributed by atoms with van der Waals surface area (Å²) in [6.07, 6.45) is 0. The minimum atomic E-state index is 0.747. The number of hydrogen-bond acceptors (Lipinski definition) is 2. The van der Waals surface area contributed by atoms with Crippen molar-refractivity contribution in [2.45, 2.75) is 0 Å². The molecule has 0 atom stereocenters. The number of nitrogens with zero attached hydrogens (tertiary/aromatic N) is 1. The van der Waals surface area contributed by atoms with Crippen LogP contribution in [0.25, 0.3) is 20.8 Å². The monoisotopic (exact) mass is 244 g/mol. The molecule has 1 nitrogen and oxygen atoms in total. The van der Waals surface area contributed by atoms with Gasteiger partial charge in [0.25, 0.3) is 0 Å². The van der Waals surface area contributed by atoms with Gasteiger partial charge in [-0.3, -0.25) is 0 Å². The predicted molar refractivity (Wildman–Crippen MR) is 68.9 cm³/mol. The first-order chi connectivity index (χ1) is 7.83. The van der Waals surface area contributed by atoms with Crippen LogP contribution in [0.2, 0.25) is 5.02 Å². The van der Waals surface area contributed by atoms with Crippen molar-refractivity contribution in [1.82, 2.24) is 4.98 Å². The minimum absolute atomic E-state index is 0.747. The lowest BCUT2D eigenvalue weighted by atomic mass is 10.2. The molecule has 0 aliphatic carbocycles. The Labute approximate surface area is 102 Å². The van der Waals surface area contributed by atoms with Gasteiger partial charge in [0.1, 0.15) is 5.01 Å². The SMILES string of the molecule is Clc1ccc(-c2nc3ccc[c]c3s2)cc1. The first-order valence-corrected chi connectivity index (χ1v) is 6.05. The van der Waals surface area contributed by atoms with Crippen LogP contribution in [0, 0.1) is 6.07 Å². The Hall–Kier alpha value is -1.38. The third kappa shape index (κ3) is 1.70. The molecule has 0 bridgehead atoms. The number of benzene rings is 2. The van der Waals surface area contributed by atoms with Crippen molar-refractivity contribution in [2.24, 2.45) is 0 Å². The molecular weight excluding hydrogens is 238 g/mol. The standard InChI is InChI=1S/C13H7ClNS/c14-10-7-5-9(6-8-10)13-15-11-3-1-2-4-12(11)16-13/h1-3,5-8H. The lowest BCUT2D eigenvalue weighted by Crippen LogP contribution is -1.74. The van der Waals surface area contributed by atoms with Gasteiger partial charge in [-0.1, -0.05) is 35.9 Å². The summed E-state index contributed by atoms with van der Waals surface area (Å²) in [5.74, 6) is 0. The van der Waals surface area contributed by atoms with Gasteiger partial charge in [-0.2, -0.15) is 0 Å². The number of thiazole rings is 1. The Morgan fingerprint density at radius 3 is 2.69 bits per heavy atom. The highest BCUT2D eigenvalue weighted by Gasteiger charge is 2.05. The minimum Gasteiger partial charge on any atom is -0.236 e. The molecule has 0 aliphatic heterocycles. The summed E-state index contributed by atoms with van der Waals surface area (Å²) in [7, 11) is 0. The molecule has 16 heavy (non-hydrogen) atoms. The van der Waals surface area contributed by atoms with E-state index in [0.717, 1.165) is 25.8 Å². The summed E-state index contributed by atoms with van der Waals surface area (Å²) in [6, 6.07) is 16.8. The van der Waals surface area contributed by atoms with E-state index in [1.165, 1.54) is 0 Å². The molecule has 1 radical (unpaired) electrons. The molecule has 3 rings (SSSR count). The lowest BCUT2D eigenvalue weighted by Gasteiger charge is -1.94. The third-order valence-electron chi connectivity index (χ3n) is 2.31. The Kier molecular flexibility index (Phi) is 2.39. The average Bonchev–Trinajstić information content (AvgIpc) is 2.73. The highest BCUT2D eigenvalue weighted by molar-refractivity contribution is 7.21. The molecular formula is C13H7ClNS. The van der Waals surface area contributed by atoms with Gasteiger partial charge >= 0.3 is 0 Å². The van der Waals surface area contributed by atoms with Crippen LogP contribution in [-0.2, 0) is 0 Å². The van der Waals surface area contributed by atoms with Crippen molar-refractivity contribution in [3.8, 4) is 10.6 Å². The predicted octanol–water partition coefficient (Wildman–Crippen LogP) is 4.42. The third-order valence-corrected chi connectivity index (χ3v) is 3.61. The number of rotatable bonds is 1. The second kappa shape index (κ2) is 3.89. The van der Waals surface area contributed by atoms with Crippen molar-refractivity contribution < 1.29 is 0 Å². The summed E-state index contributed by atoms with van der Waals surface area (Å²) in [4.78, 5) is 4.56. The molecule has 0 amide bonds. The van der Waals surface area contributed by atoms with Gasteiger partial charge in [-0.25, -0.2) is 4.98 Å². The second-order valence-corrected chi connectivity index (χ2v) is 4.85. The van der Waals surface area contributed by atoms with E-state index in [1.54, 1.807) is 11.3 Å². The topological polar surface area (TPSA) is 12.9 Å². The largest absolute Gasteiger partial charge is 0.236 e. The summed E-state index contributed by atoms with van der Waals surface area (Å²) in [6.45, 7) is 0. The molecule has 0 saturated carbocycles. The summed E-state index contributed by atoms with van der Waals surface area (Å²) in [5, 5.41) is 1.76. The maximum absolute atomic E-state index is 5.85. The molecule has 0 N–H and O–H groups in total. The van der Waals surface area contributed by atoms with E-state index in [0.29, 0.717) is 0 Å². The lowest BCUT2D eigenvalue weighted by molar-refractivity contribution is 1.48. The molecule has 3 heteroatoms. The fraction of sp³-hybridized carbons (Fsp3) is 0. The zero-order chi connectivity index (χ0) is 11.0. The highest BCUT2D eigenvalue weighted by Crippen LogP contribution is 2.30. The molecule has 1 heterocycles. The van der Waals surface area contributed by atoms with Crippen LogP contribution in [0.1, 0.15) is 0 Å². The zero-order valence-electron chi connectivity index (χ0n) is 8.27. The van der Waals surface area contributed by atoms with Crippen molar-refractivity contribution in [3.05, 3.63) is 53.6 Å². The number of halogens is 1. The number of hydrogen-bond donors (Lipinski definition) is 0. The fourth-order valence-corrected chi connectivity index (χ4v) is 2.59. The molecule has 0 spiro atoms. The van der Waals surface area contributed by atoms with Gasteiger partial charge < -0.3 is 0 Å². The van der Waals surface area contributed by atoms with E-state index in [-0.39, 0.29) is 0 Å². The van der Waals surface area contributed by atoms with Gasteiger partial charge in [0, 0.05) is 16.7 Å². The van der Waals surface area contributed by atoms with E-state index in [2.05, 4.69) is 11.1 Å². The van der Waals surface area contributed by atoms with E-state index in [9.17, 15) is 0 Å². The van der Waals surface area contributed by atoms with Crippen molar-refractivity contribution in [2.75, 3.05) is 0 Å². The maximum atomic E-state index is 5.85. The van der Waals surface area contributed by atoms with Gasteiger partial charge in [-0.15, -0.1) is 11.3 Å². The van der Waals surface area contributed by atoms with Crippen LogP contribution < -0.4 is 0 Å². The molecule has 2 aromatic carbocycles. The van der Waals surface area contributed by atoms with E-state index < -0.39 is 0 Å². The normalized spacial score (nSPS) is 10.8. The smallest absolute Gasteiger partial charge is 0.124 e. The molecule has 0 saturated heterocycles. The van der Waals surface area contributed by atoms with E-state index in [1.807, 2.05) is 42.5 Å². The average molecular weight is 245 g/mol. The van der Waals surface area contributed by atoms with Crippen molar-refractivity contribution >= 4 is 33.2 Å². The molecule has 77 valence electrons. The second-order valence-electron chi connectivity index (χ2n) is 3.41.